The number of thiophene rings is 1. The summed E-state index contributed by atoms with van der Waals surface area (Å²) in [4.78, 5) is 14.7. The summed E-state index contributed by atoms with van der Waals surface area (Å²) in [6.45, 7) is 0.437. The van der Waals surface area contributed by atoms with Gasteiger partial charge < -0.3 is 4.90 Å². The number of carbonyl (C=O) groups is 1. The second-order valence-corrected chi connectivity index (χ2v) is 6.28. The molecule has 2 aromatic rings. The lowest BCUT2D eigenvalue weighted by Crippen LogP contribution is -2.26. The first-order chi connectivity index (χ1) is 8.97. The fourth-order valence-electron chi connectivity index (χ4n) is 1.45. The summed E-state index contributed by atoms with van der Waals surface area (Å²) in [5.74, 6) is -0.272. The Morgan fingerprint density at radius 3 is 2.68 bits per heavy atom. The van der Waals surface area contributed by atoms with Gasteiger partial charge in [0.2, 0.25) is 0 Å². The molecule has 0 unspecified atom stereocenters. The van der Waals surface area contributed by atoms with Crippen molar-refractivity contribution in [1.82, 2.24) is 15.1 Å². The van der Waals surface area contributed by atoms with Crippen molar-refractivity contribution in [2.75, 3.05) is 7.05 Å². The Labute approximate surface area is 128 Å². The van der Waals surface area contributed by atoms with E-state index in [4.69, 9.17) is 34.8 Å². The fraction of sp³-hybridized carbons (Fsp3) is 0.182. The van der Waals surface area contributed by atoms with Crippen molar-refractivity contribution in [3.8, 4) is 0 Å². The van der Waals surface area contributed by atoms with Crippen LogP contribution in [-0.4, -0.2) is 28.1 Å². The van der Waals surface area contributed by atoms with Gasteiger partial charge in [0.25, 0.3) is 5.91 Å². The van der Waals surface area contributed by atoms with E-state index in [0.717, 1.165) is 4.88 Å². The molecule has 0 saturated carbocycles. The van der Waals surface area contributed by atoms with Crippen LogP contribution in [0.5, 0.6) is 0 Å². The van der Waals surface area contributed by atoms with Gasteiger partial charge in [-0.15, -0.1) is 21.5 Å². The highest BCUT2D eigenvalue weighted by Crippen LogP contribution is 2.23. The Hall–Kier alpha value is -0.880. The van der Waals surface area contributed by atoms with Crippen LogP contribution in [0.1, 0.15) is 15.2 Å². The van der Waals surface area contributed by atoms with Gasteiger partial charge in [0.15, 0.2) is 10.3 Å². The van der Waals surface area contributed by atoms with Gasteiger partial charge >= 0.3 is 0 Å². The second-order valence-electron chi connectivity index (χ2n) is 3.74. The summed E-state index contributed by atoms with van der Waals surface area (Å²) in [5.41, 5.74) is 0.229. The summed E-state index contributed by atoms with van der Waals surface area (Å²) in [5, 5.41) is 7.33. The molecular formula is C11H8Cl3N3OS. The Kier molecular flexibility index (Phi) is 4.62. The number of carbonyl (C=O) groups excluding carboxylic acids is 1. The van der Waals surface area contributed by atoms with Crippen molar-refractivity contribution in [2.24, 2.45) is 0 Å². The summed E-state index contributed by atoms with van der Waals surface area (Å²) in [6, 6.07) is 5.06. The maximum Gasteiger partial charge on any atom is 0.257 e. The van der Waals surface area contributed by atoms with Crippen LogP contribution in [0, 0.1) is 0 Å². The van der Waals surface area contributed by atoms with Crippen molar-refractivity contribution < 1.29 is 4.79 Å². The Bertz CT molecular complexity index is 617. The third-order valence-corrected chi connectivity index (χ3v) is 4.00. The highest BCUT2D eigenvalue weighted by Gasteiger charge is 2.18. The number of nitrogens with zero attached hydrogens (tertiary/aromatic N) is 3. The first-order valence-corrected chi connectivity index (χ1v) is 7.11. The molecule has 2 rings (SSSR count). The average molecular weight is 337 g/mol. The number of halogens is 3. The van der Waals surface area contributed by atoms with Gasteiger partial charge in [0.05, 0.1) is 16.4 Å². The van der Waals surface area contributed by atoms with Gasteiger partial charge in [-0.05, 0) is 18.2 Å². The van der Waals surface area contributed by atoms with Gasteiger partial charge in [-0.1, -0.05) is 34.8 Å². The Balaban J connectivity index is 2.16. The lowest BCUT2D eigenvalue weighted by atomic mass is 10.2. The normalized spacial score (nSPS) is 10.5. The molecule has 0 fully saturated rings. The summed E-state index contributed by atoms with van der Waals surface area (Å²) in [6.07, 6.45) is 0. The van der Waals surface area contributed by atoms with Crippen LogP contribution < -0.4 is 0 Å². The lowest BCUT2D eigenvalue weighted by Gasteiger charge is -2.16. The van der Waals surface area contributed by atoms with E-state index in [1.807, 2.05) is 6.07 Å². The summed E-state index contributed by atoms with van der Waals surface area (Å²) < 4.78 is 0.683. The molecule has 0 spiro atoms. The minimum atomic E-state index is -0.272. The maximum atomic E-state index is 12.2. The number of amides is 1. The molecule has 0 aliphatic rings. The summed E-state index contributed by atoms with van der Waals surface area (Å²) >= 11 is 18.8. The van der Waals surface area contributed by atoms with Crippen LogP contribution in [0.15, 0.2) is 18.2 Å². The minimum Gasteiger partial charge on any atom is -0.336 e. The number of hydrogen-bond donors (Lipinski definition) is 0. The molecule has 100 valence electrons. The van der Waals surface area contributed by atoms with Crippen LogP contribution in [0.3, 0.4) is 0 Å². The van der Waals surface area contributed by atoms with Crippen molar-refractivity contribution in [3.63, 3.8) is 0 Å². The largest absolute Gasteiger partial charge is 0.336 e. The van der Waals surface area contributed by atoms with E-state index in [9.17, 15) is 4.79 Å². The fourth-order valence-corrected chi connectivity index (χ4v) is 2.91. The number of rotatable bonds is 3. The summed E-state index contributed by atoms with van der Waals surface area (Å²) in [7, 11) is 1.67. The standard InChI is InChI=1S/C11H8Cl3N3OS/c1-17(5-6-2-3-9(13)19-6)11(18)7-4-8(12)15-16-10(7)14/h2-4H,5H2,1H3. The molecule has 19 heavy (non-hydrogen) atoms. The van der Waals surface area contributed by atoms with Crippen LogP contribution >= 0.6 is 46.1 Å². The number of aromatic nitrogens is 2. The van der Waals surface area contributed by atoms with Crippen molar-refractivity contribution in [3.05, 3.63) is 43.3 Å². The van der Waals surface area contributed by atoms with Crippen LogP contribution in [0.25, 0.3) is 0 Å². The van der Waals surface area contributed by atoms with Crippen LogP contribution in [0.2, 0.25) is 14.6 Å². The smallest absolute Gasteiger partial charge is 0.257 e. The third-order valence-electron chi connectivity index (χ3n) is 2.32. The Morgan fingerprint density at radius 1 is 1.32 bits per heavy atom. The van der Waals surface area contributed by atoms with Gasteiger partial charge in [-0.3, -0.25) is 4.79 Å². The molecule has 8 heteroatoms. The third kappa shape index (κ3) is 3.57. The molecule has 2 aromatic heterocycles. The van der Waals surface area contributed by atoms with E-state index in [0.29, 0.717) is 10.9 Å². The van der Waals surface area contributed by atoms with E-state index < -0.39 is 0 Å². The van der Waals surface area contributed by atoms with Crippen molar-refractivity contribution in [2.45, 2.75) is 6.54 Å². The monoisotopic (exact) mass is 335 g/mol. The Morgan fingerprint density at radius 2 is 2.05 bits per heavy atom. The van der Waals surface area contributed by atoms with Crippen LogP contribution in [-0.2, 0) is 6.54 Å². The molecule has 0 aliphatic carbocycles. The molecule has 0 aromatic carbocycles. The van der Waals surface area contributed by atoms with E-state index in [2.05, 4.69) is 10.2 Å². The van der Waals surface area contributed by atoms with E-state index in [-0.39, 0.29) is 21.8 Å². The van der Waals surface area contributed by atoms with Gasteiger partial charge in [-0.2, -0.15) is 0 Å². The predicted molar refractivity (Wildman–Crippen MR) is 77.2 cm³/mol. The highest BCUT2D eigenvalue weighted by molar-refractivity contribution is 7.16. The zero-order chi connectivity index (χ0) is 14.0. The molecule has 1 amide bonds. The maximum absolute atomic E-state index is 12.2. The van der Waals surface area contributed by atoms with E-state index >= 15 is 0 Å². The number of hydrogen-bond acceptors (Lipinski definition) is 4. The molecule has 2 heterocycles. The molecule has 0 radical (unpaired) electrons. The molecule has 0 bridgehead atoms. The molecular weight excluding hydrogens is 329 g/mol. The minimum absolute atomic E-state index is 0.0328. The van der Waals surface area contributed by atoms with Crippen molar-refractivity contribution in [1.29, 1.82) is 0 Å². The predicted octanol–water partition coefficient (Wildman–Crippen LogP) is 3.77. The zero-order valence-electron chi connectivity index (χ0n) is 9.73. The SMILES string of the molecule is CN(Cc1ccc(Cl)s1)C(=O)c1cc(Cl)nnc1Cl. The van der Waals surface area contributed by atoms with Gasteiger partial charge in [0, 0.05) is 11.9 Å². The van der Waals surface area contributed by atoms with Gasteiger partial charge in [-0.25, -0.2) is 0 Å². The average Bonchev–Trinajstić information content (AvgIpc) is 2.77. The molecule has 0 N–H and O–H groups in total. The molecule has 4 nitrogen and oxygen atoms in total. The first kappa shape index (κ1) is 14.5. The highest BCUT2D eigenvalue weighted by atomic mass is 35.5. The quantitative estimate of drug-likeness (QED) is 0.857. The van der Waals surface area contributed by atoms with Crippen LogP contribution in [0.4, 0.5) is 0 Å². The second kappa shape index (κ2) is 6.05. The molecule has 0 aliphatic heterocycles. The lowest BCUT2D eigenvalue weighted by molar-refractivity contribution is 0.0786. The molecule has 0 saturated heterocycles. The molecule has 0 atom stereocenters. The van der Waals surface area contributed by atoms with Gasteiger partial charge in [0.1, 0.15) is 0 Å². The first-order valence-electron chi connectivity index (χ1n) is 5.16. The van der Waals surface area contributed by atoms with E-state index in [1.165, 1.54) is 22.3 Å². The topological polar surface area (TPSA) is 46.1 Å². The van der Waals surface area contributed by atoms with Crippen molar-refractivity contribution >= 4 is 52.0 Å². The van der Waals surface area contributed by atoms with E-state index in [1.54, 1.807) is 13.1 Å². The zero-order valence-corrected chi connectivity index (χ0v) is 12.8.